The molecule has 34 heavy (non-hydrogen) atoms. The number of nitrogens with zero attached hydrogens (tertiary/aromatic N) is 3. The Kier molecular flexibility index (Phi) is 5.86. The third-order valence-electron chi connectivity index (χ3n) is 6.54. The van der Waals surface area contributed by atoms with E-state index < -0.39 is 11.9 Å². The van der Waals surface area contributed by atoms with E-state index >= 15 is 0 Å². The van der Waals surface area contributed by atoms with E-state index in [4.69, 9.17) is 17.3 Å². The number of hydrogen-bond donors (Lipinski definition) is 1. The van der Waals surface area contributed by atoms with Crippen LogP contribution in [0.3, 0.4) is 0 Å². The van der Waals surface area contributed by atoms with Gasteiger partial charge in [0.2, 0.25) is 0 Å². The summed E-state index contributed by atoms with van der Waals surface area (Å²) in [5, 5.41) is 2.06. The Morgan fingerprint density at radius 1 is 0.912 bits per heavy atom. The molecule has 4 nitrogen and oxygen atoms in total. The van der Waals surface area contributed by atoms with Crippen LogP contribution in [0.25, 0.3) is 21.8 Å². The number of alkyl halides is 3. The largest absolute Gasteiger partial charge is 0.433 e. The highest BCUT2D eigenvalue weighted by molar-refractivity contribution is 6.31. The van der Waals surface area contributed by atoms with E-state index in [0.29, 0.717) is 27.1 Å². The zero-order valence-electron chi connectivity index (χ0n) is 18.6. The number of anilines is 2. The summed E-state index contributed by atoms with van der Waals surface area (Å²) in [6.45, 7) is 1.93. The van der Waals surface area contributed by atoms with E-state index in [9.17, 15) is 13.2 Å². The molecule has 2 N–H and O–H groups in total. The van der Waals surface area contributed by atoms with Gasteiger partial charge < -0.3 is 10.6 Å². The molecule has 4 aromatic rings. The number of halogens is 4. The van der Waals surface area contributed by atoms with Gasteiger partial charge in [-0.25, -0.2) is 4.98 Å². The fourth-order valence-corrected chi connectivity index (χ4v) is 5.03. The summed E-state index contributed by atoms with van der Waals surface area (Å²) in [6.07, 6.45) is 0.274. The fraction of sp³-hybridized carbons (Fsp3) is 0.308. The Bertz CT molecular complexity index is 1360. The maximum atomic E-state index is 13.9. The number of nitrogens with two attached hydrogens (primary N) is 1. The normalized spacial score (nSPS) is 19.0. The van der Waals surface area contributed by atoms with Crippen LogP contribution >= 0.6 is 11.6 Å². The minimum Gasteiger partial charge on any atom is -0.337 e. The predicted octanol–water partition coefficient (Wildman–Crippen LogP) is 7.17. The van der Waals surface area contributed by atoms with Gasteiger partial charge in [-0.2, -0.15) is 13.2 Å². The molecule has 2 aromatic heterocycles. The molecule has 0 aliphatic heterocycles. The quantitative estimate of drug-likeness (QED) is 0.335. The van der Waals surface area contributed by atoms with Crippen molar-refractivity contribution in [2.45, 2.75) is 50.9 Å². The zero-order chi connectivity index (χ0) is 24.0. The van der Waals surface area contributed by atoms with Crippen LogP contribution in [0.1, 0.15) is 36.9 Å². The average Bonchev–Trinajstić information content (AvgIpc) is 2.79. The Hall–Kier alpha value is -2.90. The predicted molar refractivity (Wildman–Crippen MR) is 131 cm³/mol. The van der Waals surface area contributed by atoms with Crippen LogP contribution in [-0.4, -0.2) is 22.1 Å². The first-order valence-corrected chi connectivity index (χ1v) is 11.7. The van der Waals surface area contributed by atoms with Gasteiger partial charge in [0.25, 0.3) is 0 Å². The van der Waals surface area contributed by atoms with Crippen LogP contribution in [0.15, 0.2) is 54.7 Å². The zero-order valence-corrected chi connectivity index (χ0v) is 19.4. The fourth-order valence-electron chi connectivity index (χ4n) is 4.87. The lowest BCUT2D eigenvalue weighted by molar-refractivity contribution is -0.140. The van der Waals surface area contributed by atoms with E-state index in [2.05, 4.69) is 9.97 Å². The Balaban J connectivity index is 1.81. The molecule has 0 bridgehead atoms. The molecular formula is C26H24ClF3N4. The van der Waals surface area contributed by atoms with Gasteiger partial charge in [-0.3, -0.25) is 4.98 Å². The van der Waals surface area contributed by atoms with E-state index in [1.54, 1.807) is 30.5 Å². The first-order valence-electron chi connectivity index (χ1n) is 11.3. The van der Waals surface area contributed by atoms with E-state index in [-0.39, 0.29) is 12.1 Å². The highest BCUT2D eigenvalue weighted by Crippen LogP contribution is 2.43. The Morgan fingerprint density at radius 2 is 1.68 bits per heavy atom. The molecule has 0 unspecified atom stereocenters. The first-order chi connectivity index (χ1) is 16.2. The summed E-state index contributed by atoms with van der Waals surface area (Å²) in [7, 11) is 0. The van der Waals surface area contributed by atoms with Crippen LogP contribution in [0.5, 0.6) is 0 Å². The van der Waals surface area contributed by atoms with Gasteiger partial charge in [0, 0.05) is 34.1 Å². The molecule has 2 aromatic carbocycles. The van der Waals surface area contributed by atoms with Gasteiger partial charge in [-0.05, 0) is 75.1 Å². The van der Waals surface area contributed by atoms with Gasteiger partial charge in [0.1, 0.15) is 5.69 Å². The molecule has 5 rings (SSSR count). The smallest absolute Gasteiger partial charge is 0.337 e. The maximum Gasteiger partial charge on any atom is 0.433 e. The second-order valence-electron chi connectivity index (χ2n) is 8.98. The van der Waals surface area contributed by atoms with Crippen molar-refractivity contribution < 1.29 is 13.2 Å². The molecule has 0 saturated heterocycles. The van der Waals surface area contributed by atoms with E-state index in [1.165, 1.54) is 6.07 Å². The minimum absolute atomic E-state index is 0.0201. The Labute approximate surface area is 200 Å². The van der Waals surface area contributed by atoms with Gasteiger partial charge in [0.15, 0.2) is 0 Å². The average molecular weight is 485 g/mol. The summed E-state index contributed by atoms with van der Waals surface area (Å²) in [5.41, 5.74) is 8.51. The molecule has 1 aliphatic rings. The summed E-state index contributed by atoms with van der Waals surface area (Å²) in [5.74, 6) is 0. The number of pyridine rings is 2. The lowest BCUT2D eigenvalue weighted by Crippen LogP contribution is -2.38. The van der Waals surface area contributed by atoms with Crippen molar-refractivity contribution in [3.8, 4) is 0 Å². The summed E-state index contributed by atoms with van der Waals surface area (Å²) < 4.78 is 41.7. The second-order valence-corrected chi connectivity index (χ2v) is 9.41. The number of benzene rings is 2. The monoisotopic (exact) mass is 484 g/mol. The van der Waals surface area contributed by atoms with E-state index in [0.717, 1.165) is 42.3 Å². The van der Waals surface area contributed by atoms with Gasteiger partial charge >= 0.3 is 6.18 Å². The third kappa shape index (κ3) is 4.30. The molecule has 8 heteroatoms. The lowest BCUT2D eigenvalue weighted by Gasteiger charge is -2.39. The number of rotatable bonds is 3. The standard InChI is InChI=1S/C26H24ClF3N4/c1-15-2-9-21-20(12-15)24(14-25(33-21)26(28,29)30)34(18-6-4-17(31)5-7-18)23-10-11-32-22-13-16(27)3-8-19(22)23/h2-3,8-14,17-18H,4-7,31H2,1H3. The van der Waals surface area contributed by atoms with Gasteiger partial charge in [0.05, 0.1) is 22.4 Å². The molecule has 2 heterocycles. The molecule has 0 atom stereocenters. The van der Waals surface area contributed by atoms with Crippen LogP contribution in [-0.2, 0) is 6.18 Å². The Morgan fingerprint density at radius 3 is 2.41 bits per heavy atom. The van der Waals surface area contributed by atoms with Crippen molar-refractivity contribution in [3.63, 3.8) is 0 Å². The highest BCUT2D eigenvalue weighted by atomic mass is 35.5. The minimum atomic E-state index is -4.57. The lowest BCUT2D eigenvalue weighted by atomic mass is 9.89. The number of aryl methyl sites for hydroxylation is 1. The van der Waals surface area contributed by atoms with Crippen LogP contribution < -0.4 is 10.6 Å². The second kappa shape index (κ2) is 8.71. The molecule has 1 aliphatic carbocycles. The van der Waals surface area contributed by atoms with Crippen molar-refractivity contribution in [3.05, 3.63) is 71.0 Å². The van der Waals surface area contributed by atoms with Gasteiger partial charge in [-0.15, -0.1) is 0 Å². The first kappa shape index (κ1) is 22.9. The van der Waals surface area contributed by atoms with E-state index in [1.807, 2.05) is 30.0 Å². The van der Waals surface area contributed by atoms with Crippen LogP contribution in [0.2, 0.25) is 5.02 Å². The molecule has 1 fully saturated rings. The van der Waals surface area contributed by atoms with Crippen molar-refractivity contribution in [2.24, 2.45) is 5.73 Å². The molecule has 0 amide bonds. The van der Waals surface area contributed by atoms with Gasteiger partial charge in [-0.1, -0.05) is 23.2 Å². The molecule has 0 spiro atoms. The topological polar surface area (TPSA) is 55.0 Å². The van der Waals surface area contributed by atoms with Crippen molar-refractivity contribution in [2.75, 3.05) is 4.90 Å². The number of aromatic nitrogens is 2. The van der Waals surface area contributed by atoms with Crippen LogP contribution in [0, 0.1) is 6.92 Å². The van der Waals surface area contributed by atoms with Crippen molar-refractivity contribution >= 4 is 44.8 Å². The number of fused-ring (bicyclic) bond motifs is 2. The maximum absolute atomic E-state index is 13.9. The highest BCUT2D eigenvalue weighted by Gasteiger charge is 2.35. The number of hydrogen-bond acceptors (Lipinski definition) is 4. The summed E-state index contributed by atoms with van der Waals surface area (Å²) >= 11 is 6.20. The third-order valence-corrected chi connectivity index (χ3v) is 6.78. The summed E-state index contributed by atoms with van der Waals surface area (Å²) in [6, 6.07) is 13.9. The van der Waals surface area contributed by atoms with Crippen molar-refractivity contribution in [1.82, 2.24) is 9.97 Å². The van der Waals surface area contributed by atoms with Crippen LogP contribution in [0.4, 0.5) is 24.5 Å². The SMILES string of the molecule is Cc1ccc2nc(C(F)(F)F)cc(N(c3ccnc4cc(Cl)ccc34)C3CCC(N)CC3)c2c1. The summed E-state index contributed by atoms with van der Waals surface area (Å²) in [4.78, 5) is 10.4. The molecule has 0 radical (unpaired) electrons. The molecule has 1 saturated carbocycles. The molecular weight excluding hydrogens is 461 g/mol. The molecule has 176 valence electrons. The van der Waals surface area contributed by atoms with Crippen molar-refractivity contribution in [1.29, 1.82) is 0 Å².